The maximum absolute atomic E-state index is 12.1. The Morgan fingerprint density at radius 3 is 3.00 bits per heavy atom. The molecule has 1 aromatic rings. The van der Waals surface area contributed by atoms with Gasteiger partial charge in [0.1, 0.15) is 0 Å². The molecule has 0 aliphatic carbocycles. The third-order valence-corrected chi connectivity index (χ3v) is 3.54. The number of anilines is 1. The van der Waals surface area contributed by atoms with Gasteiger partial charge in [0.2, 0.25) is 0 Å². The number of hydrogen-bond donors (Lipinski definition) is 2. The van der Waals surface area contributed by atoms with Crippen molar-refractivity contribution in [2.45, 2.75) is 32.3 Å². The predicted octanol–water partition coefficient (Wildman–Crippen LogP) is 1.88. The first-order chi connectivity index (χ1) is 8.52. The quantitative estimate of drug-likeness (QED) is 0.803. The Balaban J connectivity index is 2.01. The summed E-state index contributed by atoms with van der Waals surface area (Å²) < 4.78 is 5.64. The number of nitrogens with one attached hydrogen (secondary N) is 1. The Labute approximate surface area is 108 Å². The van der Waals surface area contributed by atoms with Gasteiger partial charge in [0.25, 0.3) is 5.91 Å². The van der Waals surface area contributed by atoms with Crippen molar-refractivity contribution in [3.8, 4) is 0 Å². The van der Waals surface area contributed by atoms with Crippen LogP contribution < -0.4 is 11.1 Å². The first-order valence-electron chi connectivity index (χ1n) is 6.29. The zero-order valence-corrected chi connectivity index (χ0v) is 11.0. The molecule has 1 heterocycles. The maximum atomic E-state index is 12.1. The van der Waals surface area contributed by atoms with Gasteiger partial charge in [0, 0.05) is 24.4 Å². The molecule has 0 saturated carbocycles. The number of nitrogens with two attached hydrogens (primary N) is 1. The molecule has 1 aliphatic rings. The average molecular weight is 248 g/mol. The second kappa shape index (κ2) is 4.98. The minimum absolute atomic E-state index is 0.0866. The van der Waals surface area contributed by atoms with Crippen molar-refractivity contribution in [1.29, 1.82) is 0 Å². The van der Waals surface area contributed by atoms with Gasteiger partial charge in [0.05, 0.1) is 5.60 Å². The highest BCUT2D eigenvalue weighted by Gasteiger charge is 2.30. The Morgan fingerprint density at radius 2 is 2.33 bits per heavy atom. The predicted molar refractivity (Wildman–Crippen MR) is 71.5 cm³/mol. The molecule has 1 fully saturated rings. The number of hydrogen-bond acceptors (Lipinski definition) is 3. The second-order valence-electron chi connectivity index (χ2n) is 5.10. The lowest BCUT2D eigenvalue weighted by Gasteiger charge is -2.23. The first-order valence-corrected chi connectivity index (χ1v) is 6.29. The molecule has 0 bridgehead atoms. The molecule has 0 radical (unpaired) electrons. The zero-order valence-electron chi connectivity index (χ0n) is 11.0. The van der Waals surface area contributed by atoms with Gasteiger partial charge >= 0.3 is 0 Å². The van der Waals surface area contributed by atoms with Crippen LogP contribution >= 0.6 is 0 Å². The number of carbonyl (C=O) groups is 1. The molecule has 1 aliphatic heterocycles. The lowest BCUT2D eigenvalue weighted by molar-refractivity contribution is 0.0206. The maximum Gasteiger partial charge on any atom is 0.251 e. The fourth-order valence-electron chi connectivity index (χ4n) is 2.24. The molecular formula is C14H20N2O2. The molecule has 0 aromatic heterocycles. The van der Waals surface area contributed by atoms with Crippen LogP contribution in [0.3, 0.4) is 0 Å². The van der Waals surface area contributed by atoms with Crippen molar-refractivity contribution in [2.75, 3.05) is 18.9 Å². The van der Waals surface area contributed by atoms with E-state index in [4.69, 9.17) is 10.5 Å². The summed E-state index contributed by atoms with van der Waals surface area (Å²) in [6.45, 7) is 5.22. The number of rotatable bonds is 3. The van der Waals surface area contributed by atoms with Crippen LogP contribution in [-0.2, 0) is 4.74 Å². The Kier molecular flexibility index (Phi) is 3.57. The van der Waals surface area contributed by atoms with E-state index in [1.165, 1.54) is 0 Å². The van der Waals surface area contributed by atoms with Crippen LogP contribution in [0.25, 0.3) is 0 Å². The normalized spacial score (nSPS) is 23.0. The van der Waals surface area contributed by atoms with E-state index in [-0.39, 0.29) is 11.5 Å². The van der Waals surface area contributed by atoms with Crippen molar-refractivity contribution in [3.05, 3.63) is 29.3 Å². The van der Waals surface area contributed by atoms with Crippen LogP contribution in [0.2, 0.25) is 0 Å². The van der Waals surface area contributed by atoms with Crippen molar-refractivity contribution in [3.63, 3.8) is 0 Å². The van der Waals surface area contributed by atoms with E-state index < -0.39 is 0 Å². The van der Waals surface area contributed by atoms with Crippen molar-refractivity contribution >= 4 is 11.6 Å². The molecule has 4 heteroatoms. The fraction of sp³-hybridized carbons (Fsp3) is 0.500. The van der Waals surface area contributed by atoms with E-state index in [0.29, 0.717) is 17.8 Å². The summed E-state index contributed by atoms with van der Waals surface area (Å²) in [5.74, 6) is -0.0866. The summed E-state index contributed by atoms with van der Waals surface area (Å²) in [5.41, 5.74) is 7.69. The molecular weight excluding hydrogens is 228 g/mol. The molecule has 4 nitrogen and oxygen atoms in total. The minimum atomic E-state index is -0.218. The highest BCUT2D eigenvalue weighted by atomic mass is 16.5. The molecule has 1 amide bonds. The van der Waals surface area contributed by atoms with E-state index in [1.54, 1.807) is 18.2 Å². The van der Waals surface area contributed by atoms with Crippen molar-refractivity contribution in [1.82, 2.24) is 5.32 Å². The molecule has 1 saturated heterocycles. The van der Waals surface area contributed by atoms with Crippen molar-refractivity contribution in [2.24, 2.45) is 0 Å². The monoisotopic (exact) mass is 248 g/mol. The largest absolute Gasteiger partial charge is 0.398 e. The third kappa shape index (κ3) is 2.64. The minimum Gasteiger partial charge on any atom is -0.398 e. The molecule has 3 N–H and O–H groups in total. The molecule has 18 heavy (non-hydrogen) atoms. The lowest BCUT2D eigenvalue weighted by atomic mass is 10.0. The van der Waals surface area contributed by atoms with Gasteiger partial charge in [0.15, 0.2) is 0 Å². The summed E-state index contributed by atoms with van der Waals surface area (Å²) in [4.78, 5) is 12.1. The lowest BCUT2D eigenvalue weighted by Crippen LogP contribution is -2.40. The SMILES string of the molecule is Cc1c(N)cccc1C(=O)NCC1(C)CCCO1. The van der Waals surface area contributed by atoms with E-state index in [0.717, 1.165) is 25.0 Å². The molecule has 2 rings (SSSR count). The summed E-state index contributed by atoms with van der Waals surface area (Å²) in [5, 5.41) is 2.93. The third-order valence-electron chi connectivity index (χ3n) is 3.54. The Hall–Kier alpha value is -1.55. The zero-order chi connectivity index (χ0) is 13.2. The van der Waals surface area contributed by atoms with Crippen LogP contribution in [0, 0.1) is 6.92 Å². The summed E-state index contributed by atoms with van der Waals surface area (Å²) >= 11 is 0. The Morgan fingerprint density at radius 1 is 1.56 bits per heavy atom. The van der Waals surface area contributed by atoms with E-state index >= 15 is 0 Å². The first kappa shape index (κ1) is 12.9. The number of carbonyl (C=O) groups excluding carboxylic acids is 1. The molecule has 0 spiro atoms. The average Bonchev–Trinajstić information content (AvgIpc) is 2.77. The van der Waals surface area contributed by atoms with Crippen LogP contribution in [0.4, 0.5) is 5.69 Å². The van der Waals surface area contributed by atoms with Gasteiger partial charge in [-0.3, -0.25) is 4.79 Å². The fourth-order valence-corrected chi connectivity index (χ4v) is 2.24. The number of benzene rings is 1. The molecule has 98 valence electrons. The summed E-state index contributed by atoms with van der Waals surface area (Å²) in [6, 6.07) is 5.39. The summed E-state index contributed by atoms with van der Waals surface area (Å²) in [6.07, 6.45) is 2.05. The van der Waals surface area contributed by atoms with E-state index in [1.807, 2.05) is 13.8 Å². The van der Waals surface area contributed by atoms with Gasteiger partial charge in [-0.15, -0.1) is 0 Å². The van der Waals surface area contributed by atoms with Crippen LogP contribution in [0.5, 0.6) is 0 Å². The smallest absolute Gasteiger partial charge is 0.251 e. The highest BCUT2D eigenvalue weighted by molar-refractivity contribution is 5.96. The molecule has 1 unspecified atom stereocenters. The number of amides is 1. The van der Waals surface area contributed by atoms with Gasteiger partial charge in [-0.1, -0.05) is 6.07 Å². The standard InChI is InChI=1S/C14H20N2O2/c1-10-11(5-3-6-12(10)15)13(17)16-9-14(2)7-4-8-18-14/h3,5-6H,4,7-9,15H2,1-2H3,(H,16,17). The van der Waals surface area contributed by atoms with Gasteiger partial charge in [-0.2, -0.15) is 0 Å². The van der Waals surface area contributed by atoms with E-state index in [9.17, 15) is 4.79 Å². The van der Waals surface area contributed by atoms with Crippen LogP contribution in [0.1, 0.15) is 35.7 Å². The van der Waals surface area contributed by atoms with Crippen molar-refractivity contribution < 1.29 is 9.53 Å². The number of nitrogen functional groups attached to an aromatic ring is 1. The number of ether oxygens (including phenoxy) is 1. The van der Waals surface area contributed by atoms with Gasteiger partial charge < -0.3 is 15.8 Å². The van der Waals surface area contributed by atoms with Gasteiger partial charge in [-0.05, 0) is 44.4 Å². The second-order valence-corrected chi connectivity index (χ2v) is 5.10. The topological polar surface area (TPSA) is 64.4 Å². The Bertz CT molecular complexity index is 451. The van der Waals surface area contributed by atoms with Gasteiger partial charge in [-0.25, -0.2) is 0 Å². The highest BCUT2D eigenvalue weighted by Crippen LogP contribution is 2.24. The van der Waals surface area contributed by atoms with Crippen LogP contribution in [-0.4, -0.2) is 24.7 Å². The molecule has 1 atom stereocenters. The summed E-state index contributed by atoms with van der Waals surface area (Å²) in [7, 11) is 0. The van der Waals surface area contributed by atoms with Crippen LogP contribution in [0.15, 0.2) is 18.2 Å². The molecule has 1 aromatic carbocycles. The van der Waals surface area contributed by atoms with E-state index in [2.05, 4.69) is 5.32 Å².